The van der Waals surface area contributed by atoms with Gasteiger partial charge in [-0.2, -0.15) is 0 Å². The van der Waals surface area contributed by atoms with Gasteiger partial charge in [0.05, 0.1) is 31.4 Å². The van der Waals surface area contributed by atoms with Crippen molar-refractivity contribution in [3.05, 3.63) is 11.1 Å². The van der Waals surface area contributed by atoms with Gasteiger partial charge < -0.3 is 19.6 Å². The molecule has 0 aromatic carbocycles. The smallest absolute Gasteiger partial charge is 0.227 e. The maximum atomic E-state index is 12.9. The van der Waals surface area contributed by atoms with Crippen molar-refractivity contribution in [1.29, 1.82) is 0 Å². The lowest BCUT2D eigenvalue weighted by molar-refractivity contribution is -0.141. The summed E-state index contributed by atoms with van der Waals surface area (Å²) in [6.07, 6.45) is 4.38. The molecule has 4 rings (SSSR count). The fourth-order valence-electron chi connectivity index (χ4n) is 4.52. The molecule has 1 N–H and O–H groups in total. The number of hydrogen-bond donors (Lipinski definition) is 1. The SMILES string of the molecule is O=C([C@@H]1CCCN(C2CCN(c3nc(CO)cs3)CC2)C1)N1CCOCC1. The maximum Gasteiger partial charge on any atom is 0.227 e. The zero-order chi connectivity index (χ0) is 18.6. The van der Waals surface area contributed by atoms with Gasteiger partial charge in [-0.3, -0.25) is 9.69 Å². The van der Waals surface area contributed by atoms with Gasteiger partial charge in [-0.25, -0.2) is 4.98 Å². The highest BCUT2D eigenvalue weighted by atomic mass is 32.1. The molecule has 0 saturated carbocycles. The number of thiazole rings is 1. The van der Waals surface area contributed by atoms with Crippen LogP contribution in [0, 0.1) is 5.92 Å². The summed E-state index contributed by atoms with van der Waals surface area (Å²) in [6, 6.07) is 0.568. The highest BCUT2D eigenvalue weighted by molar-refractivity contribution is 7.13. The number of aromatic nitrogens is 1. The molecule has 27 heavy (non-hydrogen) atoms. The summed E-state index contributed by atoms with van der Waals surface area (Å²) in [5.41, 5.74) is 0.762. The van der Waals surface area contributed by atoms with Gasteiger partial charge in [0.25, 0.3) is 0 Å². The molecule has 0 spiro atoms. The summed E-state index contributed by atoms with van der Waals surface area (Å²) in [7, 11) is 0. The van der Waals surface area contributed by atoms with Crippen LogP contribution in [0.2, 0.25) is 0 Å². The molecule has 4 heterocycles. The normalized spacial score (nSPS) is 25.7. The molecule has 3 aliphatic heterocycles. The molecule has 0 radical (unpaired) electrons. The molecule has 7 nitrogen and oxygen atoms in total. The predicted molar refractivity (Wildman–Crippen MR) is 105 cm³/mol. The predicted octanol–water partition coefficient (Wildman–Crippen LogP) is 1.18. The van der Waals surface area contributed by atoms with Crippen LogP contribution in [0.3, 0.4) is 0 Å². The number of morpholine rings is 1. The van der Waals surface area contributed by atoms with Gasteiger partial charge in [-0.15, -0.1) is 11.3 Å². The molecule has 3 saturated heterocycles. The van der Waals surface area contributed by atoms with Crippen molar-refractivity contribution in [2.45, 2.75) is 38.3 Å². The minimum atomic E-state index is 0.0132. The second-order valence-corrected chi connectivity index (χ2v) is 8.61. The van der Waals surface area contributed by atoms with Crippen molar-refractivity contribution in [2.24, 2.45) is 5.92 Å². The third kappa shape index (κ3) is 4.45. The second kappa shape index (κ2) is 8.86. The second-order valence-electron chi connectivity index (χ2n) is 7.77. The first-order valence-corrected chi connectivity index (χ1v) is 11.0. The first-order chi connectivity index (χ1) is 13.2. The van der Waals surface area contributed by atoms with Gasteiger partial charge in [-0.05, 0) is 32.2 Å². The van der Waals surface area contributed by atoms with E-state index in [0.29, 0.717) is 25.2 Å². The lowest BCUT2D eigenvalue weighted by atomic mass is 9.93. The number of aliphatic hydroxyl groups is 1. The number of carbonyl (C=O) groups excluding carboxylic acids is 1. The monoisotopic (exact) mass is 394 g/mol. The summed E-state index contributed by atoms with van der Waals surface area (Å²) in [5, 5.41) is 12.2. The van der Waals surface area contributed by atoms with E-state index in [0.717, 1.165) is 75.8 Å². The third-order valence-electron chi connectivity index (χ3n) is 6.08. The summed E-state index contributed by atoms with van der Waals surface area (Å²) >= 11 is 1.62. The minimum Gasteiger partial charge on any atom is -0.390 e. The minimum absolute atomic E-state index is 0.0132. The van der Waals surface area contributed by atoms with Crippen LogP contribution in [0.1, 0.15) is 31.4 Å². The molecule has 1 aromatic rings. The lowest BCUT2D eigenvalue weighted by Gasteiger charge is -2.43. The van der Waals surface area contributed by atoms with Crippen LogP contribution < -0.4 is 4.90 Å². The topological polar surface area (TPSA) is 69.1 Å². The van der Waals surface area contributed by atoms with Gasteiger partial charge in [0.2, 0.25) is 5.91 Å². The first-order valence-electron chi connectivity index (χ1n) is 10.2. The highest BCUT2D eigenvalue weighted by Gasteiger charge is 2.34. The Morgan fingerprint density at radius 3 is 2.67 bits per heavy atom. The Morgan fingerprint density at radius 2 is 1.96 bits per heavy atom. The number of ether oxygens (including phenoxy) is 1. The van der Waals surface area contributed by atoms with Crippen molar-refractivity contribution in [2.75, 3.05) is 57.4 Å². The van der Waals surface area contributed by atoms with E-state index < -0.39 is 0 Å². The molecule has 1 amide bonds. The summed E-state index contributed by atoms with van der Waals surface area (Å²) in [4.78, 5) is 24.3. The number of piperidine rings is 2. The number of likely N-dealkylation sites (tertiary alicyclic amines) is 1. The number of nitrogens with zero attached hydrogens (tertiary/aromatic N) is 4. The van der Waals surface area contributed by atoms with Crippen LogP contribution in [-0.2, 0) is 16.1 Å². The van der Waals surface area contributed by atoms with Gasteiger partial charge in [0, 0.05) is 44.1 Å². The molecule has 3 aliphatic rings. The van der Waals surface area contributed by atoms with E-state index in [1.807, 2.05) is 10.3 Å². The molecular weight excluding hydrogens is 364 g/mol. The summed E-state index contributed by atoms with van der Waals surface area (Å²) in [5.74, 6) is 0.487. The van der Waals surface area contributed by atoms with Crippen LogP contribution in [0.25, 0.3) is 0 Å². The fraction of sp³-hybridized carbons (Fsp3) is 0.789. The number of anilines is 1. The average Bonchev–Trinajstić information content (AvgIpc) is 3.23. The third-order valence-corrected chi connectivity index (χ3v) is 7.03. The molecule has 0 bridgehead atoms. The van der Waals surface area contributed by atoms with Gasteiger partial charge >= 0.3 is 0 Å². The molecule has 150 valence electrons. The Balaban J connectivity index is 1.29. The Morgan fingerprint density at radius 1 is 1.19 bits per heavy atom. The average molecular weight is 395 g/mol. The lowest BCUT2D eigenvalue weighted by Crippen LogP contribution is -2.52. The van der Waals surface area contributed by atoms with E-state index in [1.54, 1.807) is 11.3 Å². The van der Waals surface area contributed by atoms with Crippen molar-refractivity contribution >= 4 is 22.4 Å². The standard InChI is InChI=1S/C19H30N4O3S/c24-13-16-14-27-19(20-16)22-6-3-17(4-7-22)23-5-1-2-15(12-23)18(25)21-8-10-26-11-9-21/h14-15,17,24H,1-13H2/t15-/m1/s1. The Kier molecular flexibility index (Phi) is 6.27. The first kappa shape index (κ1) is 19.1. The molecule has 1 aromatic heterocycles. The number of amides is 1. The Labute approximate surface area is 164 Å². The molecule has 1 atom stereocenters. The summed E-state index contributed by atoms with van der Waals surface area (Å²) < 4.78 is 5.38. The molecular formula is C19H30N4O3S. The molecule has 8 heteroatoms. The van der Waals surface area contributed by atoms with Crippen molar-refractivity contribution < 1.29 is 14.6 Å². The number of aliphatic hydroxyl groups excluding tert-OH is 1. The van der Waals surface area contributed by atoms with Gasteiger partial charge in [-0.1, -0.05) is 0 Å². The van der Waals surface area contributed by atoms with E-state index in [4.69, 9.17) is 4.74 Å². The van der Waals surface area contributed by atoms with E-state index in [9.17, 15) is 9.90 Å². The quantitative estimate of drug-likeness (QED) is 0.827. The van der Waals surface area contributed by atoms with E-state index in [1.165, 1.54) is 0 Å². The number of hydrogen-bond acceptors (Lipinski definition) is 7. The zero-order valence-electron chi connectivity index (χ0n) is 15.9. The van der Waals surface area contributed by atoms with Crippen LogP contribution >= 0.6 is 11.3 Å². The largest absolute Gasteiger partial charge is 0.390 e. The Bertz CT molecular complexity index is 626. The van der Waals surface area contributed by atoms with Crippen molar-refractivity contribution in [3.63, 3.8) is 0 Å². The van der Waals surface area contributed by atoms with E-state index in [2.05, 4.69) is 14.8 Å². The van der Waals surface area contributed by atoms with Crippen LogP contribution in [0.15, 0.2) is 5.38 Å². The van der Waals surface area contributed by atoms with Crippen molar-refractivity contribution in [3.8, 4) is 0 Å². The van der Waals surface area contributed by atoms with Gasteiger partial charge in [0.1, 0.15) is 0 Å². The molecule has 0 aliphatic carbocycles. The Hall–Kier alpha value is -1.22. The van der Waals surface area contributed by atoms with Crippen molar-refractivity contribution in [1.82, 2.24) is 14.8 Å². The van der Waals surface area contributed by atoms with E-state index >= 15 is 0 Å². The summed E-state index contributed by atoms with van der Waals surface area (Å²) in [6.45, 7) is 6.89. The van der Waals surface area contributed by atoms with E-state index in [-0.39, 0.29) is 12.5 Å². The molecule has 0 unspecified atom stereocenters. The fourth-order valence-corrected chi connectivity index (χ4v) is 5.39. The highest BCUT2D eigenvalue weighted by Crippen LogP contribution is 2.28. The van der Waals surface area contributed by atoms with Crippen LogP contribution in [-0.4, -0.2) is 84.3 Å². The molecule has 3 fully saturated rings. The number of rotatable bonds is 4. The van der Waals surface area contributed by atoms with Gasteiger partial charge in [0.15, 0.2) is 5.13 Å². The van der Waals surface area contributed by atoms with Crippen LogP contribution in [0.5, 0.6) is 0 Å². The van der Waals surface area contributed by atoms with Crippen LogP contribution in [0.4, 0.5) is 5.13 Å². The zero-order valence-corrected chi connectivity index (χ0v) is 16.7. The maximum absolute atomic E-state index is 12.9. The number of carbonyl (C=O) groups is 1.